The Labute approximate surface area is 209 Å². The van der Waals surface area contributed by atoms with Crippen LogP contribution < -0.4 is 10.5 Å². The van der Waals surface area contributed by atoms with Gasteiger partial charge in [-0.1, -0.05) is 18.2 Å². The van der Waals surface area contributed by atoms with E-state index in [1.54, 1.807) is 47.6 Å². The van der Waals surface area contributed by atoms with Gasteiger partial charge in [0.1, 0.15) is 11.6 Å². The van der Waals surface area contributed by atoms with Gasteiger partial charge in [0.15, 0.2) is 0 Å². The molecule has 184 valence electrons. The van der Waals surface area contributed by atoms with Gasteiger partial charge in [0, 0.05) is 56.7 Å². The van der Waals surface area contributed by atoms with Gasteiger partial charge in [-0.25, -0.2) is 4.39 Å². The zero-order valence-corrected chi connectivity index (χ0v) is 20.1. The van der Waals surface area contributed by atoms with E-state index in [2.05, 4.69) is 14.9 Å². The molecular formula is C28H28FN5O2. The third kappa shape index (κ3) is 4.72. The van der Waals surface area contributed by atoms with Crippen LogP contribution in [0.3, 0.4) is 0 Å². The molecule has 0 saturated carbocycles. The summed E-state index contributed by atoms with van der Waals surface area (Å²) >= 11 is 0. The minimum absolute atomic E-state index is 0.0294. The molecule has 8 heteroatoms. The molecule has 7 nitrogen and oxygen atoms in total. The van der Waals surface area contributed by atoms with Crippen LogP contribution >= 0.6 is 0 Å². The summed E-state index contributed by atoms with van der Waals surface area (Å²) in [6.45, 7) is 4.55. The number of benzene rings is 1. The Balaban J connectivity index is 1.52. The van der Waals surface area contributed by atoms with Gasteiger partial charge in [-0.2, -0.15) is 0 Å². The highest BCUT2D eigenvalue weighted by Gasteiger charge is 2.32. The van der Waals surface area contributed by atoms with Crippen LogP contribution in [-0.2, 0) is 6.54 Å². The van der Waals surface area contributed by atoms with E-state index in [1.165, 1.54) is 6.07 Å². The van der Waals surface area contributed by atoms with Crippen molar-refractivity contribution in [2.75, 3.05) is 31.1 Å². The van der Waals surface area contributed by atoms with E-state index >= 15 is 0 Å². The molecule has 0 spiro atoms. The quantitative estimate of drug-likeness (QED) is 0.448. The van der Waals surface area contributed by atoms with Crippen LogP contribution in [0, 0.1) is 12.7 Å². The molecule has 36 heavy (non-hydrogen) atoms. The zero-order valence-electron chi connectivity index (χ0n) is 20.1. The highest BCUT2D eigenvalue weighted by Crippen LogP contribution is 2.34. The molecule has 4 aromatic rings. The summed E-state index contributed by atoms with van der Waals surface area (Å²) in [6.07, 6.45) is 6.82. The molecular weight excluding hydrogens is 457 g/mol. The highest BCUT2D eigenvalue weighted by molar-refractivity contribution is 5.48. The van der Waals surface area contributed by atoms with Gasteiger partial charge < -0.3 is 14.6 Å². The number of halogens is 1. The van der Waals surface area contributed by atoms with Crippen LogP contribution in [0.25, 0.3) is 0 Å². The molecule has 5 rings (SSSR count). The van der Waals surface area contributed by atoms with Gasteiger partial charge in [0.05, 0.1) is 23.8 Å². The predicted molar refractivity (Wildman–Crippen MR) is 137 cm³/mol. The molecule has 0 radical (unpaired) electrons. The maximum atomic E-state index is 14.4. The van der Waals surface area contributed by atoms with Gasteiger partial charge >= 0.3 is 0 Å². The number of piperazine rings is 1. The molecule has 0 amide bonds. The molecule has 1 atom stereocenters. The first kappa shape index (κ1) is 23.7. The number of hydrogen-bond acceptors (Lipinski definition) is 6. The van der Waals surface area contributed by atoms with Gasteiger partial charge in [-0.3, -0.25) is 19.7 Å². The fourth-order valence-corrected chi connectivity index (χ4v) is 4.93. The maximum absolute atomic E-state index is 14.4. The summed E-state index contributed by atoms with van der Waals surface area (Å²) in [5.74, 6) is -0.274. The monoisotopic (exact) mass is 485 g/mol. The normalized spacial score (nSPS) is 15.1. The smallest absolute Gasteiger partial charge is 0.259 e. The Hall–Kier alpha value is -4.04. The molecule has 1 fully saturated rings. The third-order valence-corrected chi connectivity index (χ3v) is 6.75. The first-order chi connectivity index (χ1) is 17.5. The molecule has 1 saturated heterocycles. The number of aromatic nitrogens is 3. The Kier molecular flexibility index (Phi) is 6.77. The number of rotatable bonds is 6. The number of pyridine rings is 3. The van der Waals surface area contributed by atoms with Crippen LogP contribution in [0.4, 0.5) is 10.1 Å². The molecule has 0 bridgehead atoms. The number of hydrogen-bond donors (Lipinski definition) is 1. The van der Waals surface area contributed by atoms with Crippen molar-refractivity contribution in [1.82, 2.24) is 19.4 Å². The van der Waals surface area contributed by atoms with Crippen LogP contribution in [0.15, 0.2) is 84.2 Å². The van der Waals surface area contributed by atoms with Crippen molar-refractivity contribution in [3.63, 3.8) is 0 Å². The first-order valence-electron chi connectivity index (χ1n) is 12.0. The minimum atomic E-state index is -0.469. The number of aryl methyl sites for hydroxylation is 1. The summed E-state index contributed by atoms with van der Waals surface area (Å²) < 4.78 is 16.1. The molecule has 4 heterocycles. The van der Waals surface area contributed by atoms with Crippen molar-refractivity contribution < 1.29 is 9.50 Å². The lowest BCUT2D eigenvalue weighted by atomic mass is 9.96. The molecule has 1 aromatic carbocycles. The first-order valence-corrected chi connectivity index (χ1v) is 12.0. The standard InChI is InChI=1S/C28H28FN5O2/c1-20-17-25(35)26(28(36)34(20)19-21-5-4-10-31-18-21)27(22-8-11-30-12-9-22)33-15-13-32(14-16-33)24-7-3-2-6-23(24)29/h2-12,17-18,27,35H,13-16,19H2,1H3. The number of para-hydroxylation sites is 1. The SMILES string of the molecule is Cc1cc(O)c(C(c2ccncc2)N2CCN(c3ccccc3F)CC2)c(=O)n1Cc1cccnc1. The van der Waals surface area contributed by atoms with E-state index in [1.807, 2.05) is 42.2 Å². The van der Waals surface area contributed by atoms with Crippen molar-refractivity contribution in [2.45, 2.75) is 19.5 Å². The Morgan fingerprint density at radius 2 is 1.72 bits per heavy atom. The summed E-state index contributed by atoms with van der Waals surface area (Å²) in [5, 5.41) is 11.1. The number of aromatic hydroxyl groups is 1. The minimum Gasteiger partial charge on any atom is -0.507 e. The number of anilines is 1. The van der Waals surface area contributed by atoms with E-state index < -0.39 is 6.04 Å². The average Bonchev–Trinajstić information content (AvgIpc) is 2.90. The van der Waals surface area contributed by atoms with Crippen molar-refractivity contribution in [1.29, 1.82) is 0 Å². The largest absolute Gasteiger partial charge is 0.507 e. The lowest BCUT2D eigenvalue weighted by molar-refractivity contribution is 0.207. The second kappa shape index (κ2) is 10.3. The zero-order chi connectivity index (χ0) is 25.1. The second-order valence-electron chi connectivity index (χ2n) is 8.99. The van der Waals surface area contributed by atoms with Gasteiger partial charge in [0.25, 0.3) is 5.56 Å². The van der Waals surface area contributed by atoms with E-state index in [0.717, 1.165) is 11.1 Å². The van der Waals surface area contributed by atoms with Crippen LogP contribution in [0.1, 0.15) is 28.4 Å². The lowest BCUT2D eigenvalue weighted by Crippen LogP contribution is -2.49. The average molecular weight is 486 g/mol. The maximum Gasteiger partial charge on any atom is 0.259 e. The Bertz CT molecular complexity index is 1390. The summed E-state index contributed by atoms with van der Waals surface area (Å²) in [5.41, 5.74) is 3.11. The van der Waals surface area contributed by atoms with E-state index in [-0.39, 0.29) is 17.1 Å². The van der Waals surface area contributed by atoms with Gasteiger partial charge in [-0.15, -0.1) is 0 Å². The van der Waals surface area contributed by atoms with Crippen molar-refractivity contribution >= 4 is 5.69 Å². The van der Waals surface area contributed by atoms with Crippen LogP contribution in [0.5, 0.6) is 5.75 Å². The number of nitrogens with zero attached hydrogens (tertiary/aromatic N) is 5. The van der Waals surface area contributed by atoms with E-state index in [0.29, 0.717) is 49.7 Å². The van der Waals surface area contributed by atoms with Crippen molar-refractivity contribution in [3.8, 4) is 5.75 Å². The molecule has 1 aliphatic rings. The van der Waals surface area contributed by atoms with Crippen molar-refractivity contribution in [3.05, 3.63) is 118 Å². The molecule has 3 aromatic heterocycles. The fraction of sp³-hybridized carbons (Fsp3) is 0.250. The summed E-state index contributed by atoms with van der Waals surface area (Å²) in [4.78, 5) is 26.4. The van der Waals surface area contributed by atoms with Crippen LogP contribution in [0.2, 0.25) is 0 Å². The van der Waals surface area contributed by atoms with Gasteiger partial charge in [0.2, 0.25) is 0 Å². The molecule has 0 aliphatic carbocycles. The van der Waals surface area contributed by atoms with Crippen LogP contribution in [-0.4, -0.2) is 50.7 Å². The Morgan fingerprint density at radius 1 is 0.972 bits per heavy atom. The van der Waals surface area contributed by atoms with E-state index in [4.69, 9.17) is 0 Å². The second-order valence-corrected chi connectivity index (χ2v) is 8.99. The summed E-state index contributed by atoms with van der Waals surface area (Å²) in [6, 6.07) is 15.5. The van der Waals surface area contributed by atoms with E-state index in [9.17, 15) is 14.3 Å². The molecule has 1 N–H and O–H groups in total. The molecule has 1 unspecified atom stereocenters. The summed E-state index contributed by atoms with van der Waals surface area (Å²) in [7, 11) is 0. The highest BCUT2D eigenvalue weighted by atomic mass is 19.1. The van der Waals surface area contributed by atoms with Crippen molar-refractivity contribution in [2.24, 2.45) is 0 Å². The lowest BCUT2D eigenvalue weighted by Gasteiger charge is -2.40. The predicted octanol–water partition coefficient (Wildman–Crippen LogP) is 3.75. The Morgan fingerprint density at radius 3 is 2.42 bits per heavy atom. The topological polar surface area (TPSA) is 74.5 Å². The van der Waals surface area contributed by atoms with Gasteiger partial charge in [-0.05, 0) is 54.4 Å². The molecule has 1 aliphatic heterocycles. The third-order valence-electron chi connectivity index (χ3n) is 6.75. The fourth-order valence-electron chi connectivity index (χ4n) is 4.93.